The van der Waals surface area contributed by atoms with Crippen LogP contribution < -0.4 is 0 Å². The van der Waals surface area contributed by atoms with E-state index >= 15 is 0 Å². The minimum atomic E-state index is -2.07. The molecule has 31 atom stereocenters. The maximum Gasteiger partial charge on any atom is 0.308 e. The number of hydrogen-bond donors (Lipinski definition) is 15. The Balaban J connectivity index is 0.993. The Morgan fingerprint density at radius 2 is 1.20 bits per heavy atom. The molecule has 0 spiro atoms. The predicted octanol–water partition coefficient (Wildman–Crippen LogP) is -3.26. The van der Waals surface area contributed by atoms with Gasteiger partial charge in [0.25, 0.3) is 0 Å². The zero-order chi connectivity index (χ0) is 63.5. The number of fused-ring (bicyclic) bond motifs is 7. The molecule has 0 bridgehead atoms. The third kappa shape index (κ3) is 11.0. The molecule has 4 heterocycles. The molecule has 5 aliphatic carbocycles. The fraction of sp³-hybridized carbons (Fsp3) is 0.932. The van der Waals surface area contributed by atoms with Crippen molar-refractivity contribution in [3.63, 3.8) is 0 Å². The van der Waals surface area contributed by atoms with Gasteiger partial charge in [-0.3, -0.25) is 9.59 Å². The molecule has 4 aliphatic heterocycles. The molecule has 0 unspecified atom stereocenters. The molecule has 8 fully saturated rings. The van der Waals surface area contributed by atoms with Crippen molar-refractivity contribution in [2.45, 2.75) is 255 Å². The fourth-order valence-corrected chi connectivity index (χ4v) is 17.4. The quantitative estimate of drug-likeness (QED) is 0.0435. The van der Waals surface area contributed by atoms with Gasteiger partial charge in [0, 0.05) is 17.8 Å². The predicted molar refractivity (Wildman–Crippen MR) is 290 cm³/mol. The van der Waals surface area contributed by atoms with E-state index < -0.39 is 237 Å². The Morgan fingerprint density at radius 3 is 1.81 bits per heavy atom. The number of carbonyl (C=O) groups is 2. The topological polar surface area (TPSA) is 430 Å². The van der Waals surface area contributed by atoms with Gasteiger partial charge in [0.2, 0.25) is 0 Å². The summed E-state index contributed by atoms with van der Waals surface area (Å²) < 4.78 is 60.2. The van der Waals surface area contributed by atoms with Crippen LogP contribution >= 0.6 is 0 Å². The second-order valence-corrected chi connectivity index (χ2v) is 28.3. The van der Waals surface area contributed by atoms with E-state index in [4.69, 9.17) is 47.4 Å². The summed E-state index contributed by atoms with van der Waals surface area (Å²) in [5, 5.41) is 167. The summed E-state index contributed by atoms with van der Waals surface area (Å²) in [6, 6.07) is 0. The Kier molecular flexibility index (Phi) is 19.8. The molecule has 0 amide bonds. The third-order valence-electron chi connectivity index (χ3n) is 22.5. The molecular weight excluding hydrogens is 1140 g/mol. The first-order valence-corrected chi connectivity index (χ1v) is 30.4. The van der Waals surface area contributed by atoms with Crippen LogP contribution in [0.4, 0.5) is 0 Å². The fourth-order valence-electron chi connectivity index (χ4n) is 17.4. The lowest BCUT2D eigenvalue weighted by Gasteiger charge is -2.73. The summed E-state index contributed by atoms with van der Waals surface area (Å²) in [5.41, 5.74) is -4.73. The van der Waals surface area contributed by atoms with E-state index in [1.807, 2.05) is 34.6 Å². The van der Waals surface area contributed by atoms with Crippen LogP contribution in [0.2, 0.25) is 0 Å². The molecule has 494 valence electrons. The van der Waals surface area contributed by atoms with Crippen LogP contribution in [0.3, 0.4) is 0 Å². The second kappa shape index (κ2) is 25.0. The monoisotopic (exact) mass is 1240 g/mol. The van der Waals surface area contributed by atoms with Crippen LogP contribution in [-0.2, 0) is 57.0 Å². The van der Waals surface area contributed by atoms with Crippen molar-refractivity contribution in [2.75, 3.05) is 33.0 Å². The van der Waals surface area contributed by atoms with Gasteiger partial charge in [-0.05, 0) is 72.5 Å². The molecule has 9 aliphatic rings. The molecule has 0 aromatic heterocycles. The van der Waals surface area contributed by atoms with Crippen molar-refractivity contribution < 1.29 is 134 Å². The number of hydrogen-bond acceptors (Lipinski definition) is 27. The number of aliphatic hydroxyl groups is 15. The normalized spacial score (nSPS) is 51.7. The molecule has 27 heteroatoms. The highest BCUT2D eigenvalue weighted by Crippen LogP contribution is 2.76. The van der Waals surface area contributed by atoms with Crippen molar-refractivity contribution in [3.05, 3.63) is 11.6 Å². The van der Waals surface area contributed by atoms with Crippen molar-refractivity contribution in [1.82, 2.24) is 0 Å². The smallest absolute Gasteiger partial charge is 0.308 e. The first-order valence-electron chi connectivity index (χ1n) is 30.4. The van der Waals surface area contributed by atoms with E-state index in [0.29, 0.717) is 38.5 Å². The lowest BCUT2D eigenvalue weighted by atomic mass is 9.32. The van der Waals surface area contributed by atoms with E-state index in [9.17, 15) is 86.2 Å². The molecule has 86 heavy (non-hydrogen) atoms. The molecule has 27 nitrogen and oxygen atoms in total. The van der Waals surface area contributed by atoms with Crippen molar-refractivity contribution >= 4 is 11.9 Å². The number of rotatable bonds is 15. The van der Waals surface area contributed by atoms with E-state index in [1.54, 1.807) is 13.8 Å². The molecule has 4 saturated carbocycles. The first-order chi connectivity index (χ1) is 40.1. The number of aliphatic hydroxyl groups excluding tert-OH is 15. The molecule has 9 rings (SSSR count). The highest BCUT2D eigenvalue weighted by atomic mass is 16.8. The summed E-state index contributed by atoms with van der Waals surface area (Å²) in [5.74, 6) is -2.68. The summed E-state index contributed by atoms with van der Waals surface area (Å²) in [7, 11) is 0. The largest absolute Gasteiger partial charge is 0.458 e. The zero-order valence-corrected chi connectivity index (χ0v) is 50.6. The Bertz CT molecular complexity index is 2410. The van der Waals surface area contributed by atoms with Crippen molar-refractivity contribution in [1.29, 1.82) is 0 Å². The van der Waals surface area contributed by atoms with Gasteiger partial charge in [-0.25, -0.2) is 0 Å². The number of ether oxygens (including phenoxy) is 10. The Labute approximate surface area is 500 Å². The first kappa shape index (κ1) is 68.1. The van der Waals surface area contributed by atoms with Gasteiger partial charge in [-0.15, -0.1) is 0 Å². The highest BCUT2D eigenvalue weighted by molar-refractivity contribution is 5.72. The summed E-state index contributed by atoms with van der Waals surface area (Å²) in [6.07, 6.45) is -34.4. The van der Waals surface area contributed by atoms with Gasteiger partial charge in [0.15, 0.2) is 31.3 Å². The lowest BCUT2D eigenvalue weighted by molar-refractivity contribution is -0.392. The summed E-state index contributed by atoms with van der Waals surface area (Å²) in [4.78, 5) is 26.3. The number of allylic oxidation sites excluding steroid dienone is 1. The Morgan fingerprint density at radius 1 is 0.616 bits per heavy atom. The minimum Gasteiger partial charge on any atom is -0.458 e. The van der Waals surface area contributed by atoms with Crippen molar-refractivity contribution in [2.24, 2.45) is 56.2 Å². The van der Waals surface area contributed by atoms with Crippen LogP contribution in [0.1, 0.15) is 108 Å². The van der Waals surface area contributed by atoms with E-state index in [1.165, 1.54) is 6.92 Å². The van der Waals surface area contributed by atoms with Crippen LogP contribution in [0.15, 0.2) is 11.6 Å². The Hall–Kier alpha value is -2.24. The molecule has 15 N–H and O–H groups in total. The molecular formula is C59H96O27. The highest BCUT2D eigenvalue weighted by Gasteiger charge is 2.76. The average molecular weight is 1240 g/mol. The van der Waals surface area contributed by atoms with Gasteiger partial charge >= 0.3 is 11.9 Å². The van der Waals surface area contributed by atoms with E-state index in [0.717, 1.165) is 5.57 Å². The van der Waals surface area contributed by atoms with Crippen LogP contribution in [0.5, 0.6) is 0 Å². The molecule has 4 saturated heterocycles. The summed E-state index contributed by atoms with van der Waals surface area (Å²) >= 11 is 0. The van der Waals surface area contributed by atoms with Crippen LogP contribution in [0, 0.1) is 56.2 Å². The van der Waals surface area contributed by atoms with Gasteiger partial charge < -0.3 is 124 Å². The van der Waals surface area contributed by atoms with Crippen LogP contribution in [0.25, 0.3) is 0 Å². The summed E-state index contributed by atoms with van der Waals surface area (Å²) in [6.45, 7) is 15.4. The van der Waals surface area contributed by atoms with E-state index in [-0.39, 0.29) is 11.8 Å². The molecule has 0 radical (unpaired) electrons. The maximum absolute atomic E-state index is 13.3. The van der Waals surface area contributed by atoms with Gasteiger partial charge in [0.1, 0.15) is 97.7 Å². The minimum absolute atomic E-state index is 0.125. The average Bonchev–Trinajstić information content (AvgIpc) is 0.667. The number of esters is 2. The van der Waals surface area contributed by atoms with Crippen LogP contribution in [-0.4, -0.2) is 269 Å². The van der Waals surface area contributed by atoms with Gasteiger partial charge in [-0.1, -0.05) is 74.0 Å². The maximum atomic E-state index is 13.3. The number of carbonyl (C=O) groups excluding carboxylic acids is 2. The van der Waals surface area contributed by atoms with Crippen molar-refractivity contribution in [3.8, 4) is 0 Å². The standard InChI is InChI=1S/C59H96O27/c1-23(2)49(76)86-47-48(79-24(3)63)59(22-62)26(17-54(47,4)5)25-11-12-32-56(8)15-14-33(55(6,7)31(56)13-16-57(32,9)58(25,10)45(74)46(59)75)83-53-44(38(69)36(67)30(82-53)21-78-50-40(71)34(65)27(64)20-77-50)85-52-42(73)39(70)43(29(19-61)81-52)84-51-41(72)37(68)35(66)28(18-60)80-51/h11,23,26-48,50-53,60-62,64-75H,12-22H2,1-10H3/t26-,27+,28-,29-,30-,31-,32-,33+,34+,35-,36-,37+,38+,39-,40-,41-,42-,43-,44-,45+,46-,47+,48+,50+,51+,52+,53+,56+,57-,58+,59+/m1/s1. The zero-order valence-electron chi connectivity index (χ0n) is 50.6. The molecule has 0 aromatic carbocycles. The van der Waals surface area contributed by atoms with Gasteiger partial charge in [0.05, 0.1) is 62.7 Å². The lowest BCUT2D eigenvalue weighted by Crippen LogP contribution is -2.76. The molecule has 0 aromatic rings. The van der Waals surface area contributed by atoms with Gasteiger partial charge in [-0.2, -0.15) is 0 Å². The SMILES string of the molecule is CC(=O)O[C@H]1[C@H](OC(=O)C(C)C)C(C)(C)C[C@@H]2C3=CC[C@@H]4[C@@]5(C)CC[C@H](O[C@@H]6O[C@H](CO[C@@H]7OC[C@H](O)[C@H](O)[C@H]7O)[C@@H](O)[C@H](O)[C@H]6O[C@@H]6O[C@H](CO)[C@@H](O[C@@H]7O[C@H](CO)[C@@H](O)[C@H](O)[C@H]7O)[C@H](O)[C@H]6O)C(C)(C)[C@H]5CC[C@@]4(C)[C@]3(C)[C@@H](O)[C@@H](O)[C@]21CO. The third-order valence-corrected chi connectivity index (χ3v) is 22.5. The van der Waals surface area contributed by atoms with E-state index in [2.05, 4.69) is 19.9 Å². The second-order valence-electron chi connectivity index (χ2n) is 28.3.